The summed E-state index contributed by atoms with van der Waals surface area (Å²) in [4.78, 5) is 0. The zero-order chi connectivity index (χ0) is 29.1. The Morgan fingerprint density at radius 1 is 0.465 bits per heavy atom. The van der Waals surface area contributed by atoms with Crippen molar-refractivity contribution in [2.24, 2.45) is 5.41 Å². The van der Waals surface area contributed by atoms with Gasteiger partial charge in [-0.3, -0.25) is 0 Å². The second-order valence-electron chi connectivity index (χ2n) is 12.9. The highest BCUT2D eigenvalue weighted by molar-refractivity contribution is 6.21. The molecule has 0 nitrogen and oxygen atoms in total. The van der Waals surface area contributed by atoms with Gasteiger partial charge in [-0.2, -0.15) is 0 Å². The minimum absolute atomic E-state index is 0.0700. The third-order valence-corrected chi connectivity index (χ3v) is 9.28. The van der Waals surface area contributed by atoms with E-state index in [-0.39, 0.29) is 11.3 Å². The van der Waals surface area contributed by atoms with Crippen molar-refractivity contribution in [2.45, 2.75) is 26.7 Å². The molecule has 0 amide bonds. The van der Waals surface area contributed by atoms with E-state index in [0.717, 1.165) is 0 Å². The van der Waals surface area contributed by atoms with E-state index in [4.69, 9.17) is 0 Å². The predicted octanol–water partition coefficient (Wildman–Crippen LogP) is 12.1. The zero-order valence-electron chi connectivity index (χ0n) is 24.9. The molecule has 1 aliphatic carbocycles. The summed E-state index contributed by atoms with van der Waals surface area (Å²) >= 11 is 0. The van der Waals surface area contributed by atoms with Gasteiger partial charge in [0, 0.05) is 5.92 Å². The van der Waals surface area contributed by atoms with Crippen molar-refractivity contribution in [3.8, 4) is 22.3 Å². The van der Waals surface area contributed by atoms with E-state index in [1.807, 2.05) is 0 Å². The average molecular weight is 551 g/mol. The number of hydrogen-bond donors (Lipinski definition) is 0. The van der Waals surface area contributed by atoms with Gasteiger partial charge in [0.25, 0.3) is 0 Å². The molecule has 0 bridgehead atoms. The van der Waals surface area contributed by atoms with Crippen molar-refractivity contribution in [3.05, 3.63) is 162 Å². The van der Waals surface area contributed by atoms with Gasteiger partial charge in [0.1, 0.15) is 0 Å². The summed E-state index contributed by atoms with van der Waals surface area (Å²) in [6, 6.07) is 51.6. The number of fused-ring (bicyclic) bond motifs is 4. The number of allylic oxidation sites excluding steroid dienone is 1. The van der Waals surface area contributed by atoms with Crippen LogP contribution in [0.4, 0.5) is 0 Å². The molecular formula is C43H34. The van der Waals surface area contributed by atoms with E-state index in [9.17, 15) is 0 Å². The molecule has 0 radical (unpaired) electrons. The van der Waals surface area contributed by atoms with Gasteiger partial charge in [0.05, 0.1) is 0 Å². The van der Waals surface area contributed by atoms with Crippen LogP contribution in [0.25, 0.3) is 60.6 Å². The molecule has 1 atom stereocenters. The van der Waals surface area contributed by atoms with Crippen molar-refractivity contribution in [2.75, 3.05) is 0 Å². The molecule has 43 heavy (non-hydrogen) atoms. The molecule has 1 aliphatic rings. The van der Waals surface area contributed by atoms with Crippen LogP contribution in [0.5, 0.6) is 0 Å². The van der Waals surface area contributed by atoms with Gasteiger partial charge in [-0.05, 0) is 88.8 Å². The molecule has 206 valence electrons. The summed E-state index contributed by atoms with van der Waals surface area (Å²) in [5, 5.41) is 7.71. The molecular weight excluding hydrogens is 516 g/mol. The molecule has 0 spiro atoms. The fraction of sp³-hybridized carbons (Fsp3) is 0.116. The summed E-state index contributed by atoms with van der Waals surface area (Å²) in [6.07, 6.45) is 2.46. The smallest absolute Gasteiger partial charge is 0.0313 e. The van der Waals surface area contributed by atoms with E-state index in [2.05, 4.69) is 166 Å². The van der Waals surface area contributed by atoms with Crippen LogP contribution in [0.1, 0.15) is 43.4 Å². The molecule has 0 N–H and O–H groups in total. The first-order valence-electron chi connectivity index (χ1n) is 15.3. The van der Waals surface area contributed by atoms with Crippen LogP contribution in [-0.4, -0.2) is 0 Å². The Bertz CT molecular complexity index is 2150. The summed E-state index contributed by atoms with van der Waals surface area (Å²) in [7, 11) is 0. The SMILES string of the molecule is CC(C)(C)C1=Cc2cc(-c3c4ccccc4c(-c4ccc5ccccc5c4)c4ccccc34)ccc2C1c1ccccc1. The number of benzene rings is 7. The molecule has 0 saturated heterocycles. The first kappa shape index (κ1) is 25.7. The van der Waals surface area contributed by atoms with Gasteiger partial charge in [0.15, 0.2) is 0 Å². The Kier molecular flexibility index (Phi) is 5.88. The zero-order valence-corrected chi connectivity index (χ0v) is 24.9. The van der Waals surface area contributed by atoms with E-state index in [1.54, 1.807) is 0 Å². The Morgan fingerprint density at radius 3 is 1.58 bits per heavy atom. The Labute approximate surface area is 254 Å². The van der Waals surface area contributed by atoms with Gasteiger partial charge in [0.2, 0.25) is 0 Å². The minimum atomic E-state index is 0.0700. The largest absolute Gasteiger partial charge is 0.0622 e. The molecule has 0 heteroatoms. The maximum Gasteiger partial charge on any atom is 0.0313 e. The van der Waals surface area contributed by atoms with Crippen LogP contribution in [0.3, 0.4) is 0 Å². The third kappa shape index (κ3) is 4.21. The Balaban J connectivity index is 1.38. The molecule has 0 heterocycles. The van der Waals surface area contributed by atoms with Gasteiger partial charge < -0.3 is 0 Å². The fourth-order valence-electron chi connectivity index (χ4n) is 7.29. The van der Waals surface area contributed by atoms with Crippen LogP contribution < -0.4 is 0 Å². The maximum atomic E-state index is 2.46. The predicted molar refractivity (Wildman–Crippen MR) is 186 cm³/mol. The third-order valence-electron chi connectivity index (χ3n) is 9.28. The molecule has 7 aromatic rings. The normalized spacial score (nSPS) is 14.8. The lowest BCUT2D eigenvalue weighted by Crippen LogP contribution is -2.15. The van der Waals surface area contributed by atoms with Crippen LogP contribution in [0, 0.1) is 5.41 Å². The summed E-state index contributed by atoms with van der Waals surface area (Å²) in [5.74, 6) is 0.286. The van der Waals surface area contributed by atoms with Crippen LogP contribution in [0.2, 0.25) is 0 Å². The van der Waals surface area contributed by atoms with Gasteiger partial charge >= 0.3 is 0 Å². The first-order chi connectivity index (χ1) is 21.0. The average Bonchev–Trinajstić information content (AvgIpc) is 3.43. The molecule has 8 rings (SSSR count). The summed E-state index contributed by atoms with van der Waals surface area (Å²) in [6.45, 7) is 7.02. The minimum Gasteiger partial charge on any atom is -0.0622 e. The van der Waals surface area contributed by atoms with Gasteiger partial charge in [-0.1, -0.05) is 160 Å². The monoisotopic (exact) mass is 550 g/mol. The molecule has 0 fully saturated rings. The second kappa shape index (κ2) is 9.82. The van der Waals surface area contributed by atoms with Crippen molar-refractivity contribution in [1.82, 2.24) is 0 Å². The lowest BCUT2D eigenvalue weighted by Gasteiger charge is -2.28. The lowest BCUT2D eigenvalue weighted by molar-refractivity contribution is 0.484. The number of hydrogen-bond acceptors (Lipinski definition) is 0. The van der Waals surface area contributed by atoms with Crippen LogP contribution in [-0.2, 0) is 0 Å². The van der Waals surface area contributed by atoms with Crippen molar-refractivity contribution in [3.63, 3.8) is 0 Å². The molecule has 7 aromatic carbocycles. The highest BCUT2D eigenvalue weighted by Gasteiger charge is 2.33. The van der Waals surface area contributed by atoms with Crippen LogP contribution in [0.15, 0.2) is 145 Å². The second-order valence-corrected chi connectivity index (χ2v) is 12.9. The standard InChI is InChI=1S/C43H34/c1-43(2,3)39-27-33-26-32(23-24-34(33)42(39)29-14-5-4-6-15-29)41-37-19-11-9-17-35(37)40(36-18-10-12-20-38(36)41)31-22-21-28-13-7-8-16-30(28)25-31/h4-27,42H,1-3H3. The van der Waals surface area contributed by atoms with E-state index < -0.39 is 0 Å². The highest BCUT2D eigenvalue weighted by Crippen LogP contribution is 2.50. The van der Waals surface area contributed by atoms with Crippen molar-refractivity contribution < 1.29 is 0 Å². The van der Waals surface area contributed by atoms with Gasteiger partial charge in [-0.15, -0.1) is 0 Å². The highest BCUT2D eigenvalue weighted by atomic mass is 14.4. The van der Waals surface area contributed by atoms with E-state index in [1.165, 1.54) is 76.8 Å². The lowest BCUT2D eigenvalue weighted by atomic mass is 9.76. The van der Waals surface area contributed by atoms with Gasteiger partial charge in [-0.25, -0.2) is 0 Å². The molecule has 0 saturated carbocycles. The van der Waals surface area contributed by atoms with Crippen LogP contribution >= 0.6 is 0 Å². The quantitative estimate of drug-likeness (QED) is 0.192. The molecule has 0 aromatic heterocycles. The van der Waals surface area contributed by atoms with E-state index in [0.29, 0.717) is 0 Å². The van der Waals surface area contributed by atoms with E-state index >= 15 is 0 Å². The Morgan fingerprint density at radius 2 is 0.977 bits per heavy atom. The topological polar surface area (TPSA) is 0 Å². The summed E-state index contributed by atoms with van der Waals surface area (Å²) < 4.78 is 0. The van der Waals surface area contributed by atoms with Crippen molar-refractivity contribution >= 4 is 38.4 Å². The fourth-order valence-corrected chi connectivity index (χ4v) is 7.29. The summed E-state index contributed by atoms with van der Waals surface area (Å²) in [5.41, 5.74) is 10.8. The first-order valence-corrected chi connectivity index (χ1v) is 15.3. The van der Waals surface area contributed by atoms with Crippen molar-refractivity contribution in [1.29, 1.82) is 0 Å². The maximum absolute atomic E-state index is 2.46. The number of rotatable bonds is 3. The molecule has 1 unspecified atom stereocenters. The molecule has 0 aliphatic heterocycles. The Hall–Kier alpha value is -4.94.